The fraction of sp³-hybridized carbons (Fsp3) is 0.130. The quantitative estimate of drug-likeness (QED) is 0.360. The Morgan fingerprint density at radius 1 is 0.885 bits per heavy atom. The van der Waals surface area contributed by atoms with Gasteiger partial charge >= 0.3 is 0 Å². The van der Waals surface area contributed by atoms with E-state index in [2.05, 4.69) is 55.5 Å². The van der Waals surface area contributed by atoms with E-state index >= 15 is 0 Å². The van der Waals surface area contributed by atoms with Gasteiger partial charge in [-0.2, -0.15) is 0 Å². The Hall–Kier alpha value is -2.29. The van der Waals surface area contributed by atoms with Crippen LogP contribution in [0.15, 0.2) is 72.8 Å². The SMILES string of the molecule is COc1ccc(-c2sc3ccccc3c2[C@H](C)c2ccc(Cl)cc2)cc1. The number of hydrogen-bond donors (Lipinski definition) is 0. The first-order valence-electron chi connectivity index (χ1n) is 8.58. The number of hydrogen-bond acceptors (Lipinski definition) is 2. The molecule has 0 saturated heterocycles. The highest BCUT2D eigenvalue weighted by atomic mass is 35.5. The van der Waals surface area contributed by atoms with Crippen LogP contribution in [0.4, 0.5) is 0 Å². The van der Waals surface area contributed by atoms with E-state index in [1.165, 1.54) is 31.7 Å². The lowest BCUT2D eigenvalue weighted by molar-refractivity contribution is 0.415. The van der Waals surface area contributed by atoms with Crippen LogP contribution in [0.3, 0.4) is 0 Å². The number of ether oxygens (including phenoxy) is 1. The molecule has 3 aromatic carbocycles. The average molecular weight is 379 g/mol. The molecule has 1 aromatic heterocycles. The van der Waals surface area contributed by atoms with Crippen molar-refractivity contribution in [1.82, 2.24) is 0 Å². The third kappa shape index (κ3) is 3.11. The second-order valence-electron chi connectivity index (χ2n) is 6.34. The minimum Gasteiger partial charge on any atom is -0.497 e. The van der Waals surface area contributed by atoms with E-state index in [0.717, 1.165) is 10.8 Å². The van der Waals surface area contributed by atoms with E-state index in [4.69, 9.17) is 16.3 Å². The lowest BCUT2D eigenvalue weighted by atomic mass is 9.89. The summed E-state index contributed by atoms with van der Waals surface area (Å²) in [5.74, 6) is 1.16. The number of methoxy groups -OCH3 is 1. The van der Waals surface area contributed by atoms with Crippen LogP contribution in [0.5, 0.6) is 5.75 Å². The Morgan fingerprint density at radius 2 is 1.58 bits per heavy atom. The molecule has 4 aromatic rings. The van der Waals surface area contributed by atoms with Crippen LogP contribution < -0.4 is 4.74 Å². The van der Waals surface area contributed by atoms with Crippen molar-refractivity contribution < 1.29 is 4.74 Å². The average Bonchev–Trinajstić information content (AvgIpc) is 3.07. The third-order valence-corrected chi connectivity index (χ3v) is 6.28. The molecule has 0 bridgehead atoms. The van der Waals surface area contributed by atoms with E-state index in [0.29, 0.717) is 0 Å². The van der Waals surface area contributed by atoms with Crippen LogP contribution >= 0.6 is 22.9 Å². The zero-order valence-electron chi connectivity index (χ0n) is 14.7. The van der Waals surface area contributed by atoms with Gasteiger partial charge in [0.05, 0.1) is 7.11 Å². The van der Waals surface area contributed by atoms with Gasteiger partial charge in [0.25, 0.3) is 0 Å². The molecule has 1 atom stereocenters. The fourth-order valence-electron chi connectivity index (χ4n) is 3.37. The molecular formula is C23H19ClOS. The molecule has 0 radical (unpaired) electrons. The van der Waals surface area contributed by atoms with Crippen molar-refractivity contribution in [1.29, 1.82) is 0 Å². The van der Waals surface area contributed by atoms with Crippen LogP contribution in [0.2, 0.25) is 5.02 Å². The topological polar surface area (TPSA) is 9.23 Å². The van der Waals surface area contributed by atoms with Crippen LogP contribution in [0.25, 0.3) is 20.5 Å². The van der Waals surface area contributed by atoms with Crippen molar-refractivity contribution in [3.63, 3.8) is 0 Å². The number of thiophene rings is 1. The number of rotatable bonds is 4. The van der Waals surface area contributed by atoms with Crippen molar-refractivity contribution in [2.45, 2.75) is 12.8 Å². The van der Waals surface area contributed by atoms with Crippen molar-refractivity contribution in [2.24, 2.45) is 0 Å². The zero-order valence-corrected chi connectivity index (χ0v) is 16.3. The third-order valence-electron chi connectivity index (χ3n) is 4.79. The number of benzene rings is 3. The summed E-state index contributed by atoms with van der Waals surface area (Å²) < 4.78 is 6.63. The first-order valence-corrected chi connectivity index (χ1v) is 9.78. The number of halogens is 1. The highest BCUT2D eigenvalue weighted by Gasteiger charge is 2.20. The molecule has 4 rings (SSSR count). The van der Waals surface area contributed by atoms with Gasteiger partial charge in [0.1, 0.15) is 5.75 Å². The molecule has 1 nitrogen and oxygen atoms in total. The molecule has 1 heterocycles. The first-order chi connectivity index (χ1) is 12.7. The monoisotopic (exact) mass is 378 g/mol. The van der Waals surface area contributed by atoms with Crippen molar-refractivity contribution >= 4 is 33.0 Å². The van der Waals surface area contributed by atoms with Gasteiger partial charge in [-0.25, -0.2) is 0 Å². The number of fused-ring (bicyclic) bond motifs is 1. The molecular weight excluding hydrogens is 360 g/mol. The van der Waals surface area contributed by atoms with Crippen LogP contribution in [0, 0.1) is 0 Å². The summed E-state index contributed by atoms with van der Waals surface area (Å²) in [4.78, 5) is 1.32. The van der Waals surface area contributed by atoms with Crippen LogP contribution in [0.1, 0.15) is 24.0 Å². The van der Waals surface area contributed by atoms with E-state index < -0.39 is 0 Å². The fourth-order valence-corrected chi connectivity index (χ4v) is 4.80. The Labute approximate surface area is 162 Å². The summed E-state index contributed by atoms with van der Waals surface area (Å²) in [6, 6.07) is 25.2. The van der Waals surface area contributed by atoms with E-state index in [9.17, 15) is 0 Å². The van der Waals surface area contributed by atoms with Gasteiger partial charge in [-0.15, -0.1) is 11.3 Å². The van der Waals surface area contributed by atoms with Gasteiger partial charge in [0, 0.05) is 20.5 Å². The molecule has 0 aliphatic rings. The summed E-state index contributed by atoms with van der Waals surface area (Å²) in [6.07, 6.45) is 0. The Balaban J connectivity index is 1.89. The highest BCUT2D eigenvalue weighted by molar-refractivity contribution is 7.22. The molecule has 3 heteroatoms. The smallest absolute Gasteiger partial charge is 0.118 e. The molecule has 0 unspecified atom stereocenters. The van der Waals surface area contributed by atoms with Gasteiger partial charge < -0.3 is 4.74 Å². The van der Waals surface area contributed by atoms with Crippen molar-refractivity contribution in [3.8, 4) is 16.2 Å². The van der Waals surface area contributed by atoms with E-state index in [1.807, 2.05) is 35.6 Å². The predicted octanol–water partition coefficient (Wildman–Crippen LogP) is 7.38. The second kappa shape index (κ2) is 7.14. The van der Waals surface area contributed by atoms with Crippen molar-refractivity contribution in [2.75, 3.05) is 7.11 Å². The summed E-state index contributed by atoms with van der Waals surface area (Å²) in [7, 11) is 1.70. The molecule has 0 aliphatic heterocycles. The first kappa shape index (κ1) is 17.1. The van der Waals surface area contributed by atoms with Crippen LogP contribution in [-0.4, -0.2) is 7.11 Å². The minimum absolute atomic E-state index is 0.278. The van der Waals surface area contributed by atoms with E-state index in [1.54, 1.807) is 7.11 Å². The zero-order chi connectivity index (χ0) is 18.1. The van der Waals surface area contributed by atoms with Gasteiger partial charge in [0.15, 0.2) is 0 Å². The lowest BCUT2D eigenvalue weighted by Crippen LogP contribution is -1.97. The molecule has 26 heavy (non-hydrogen) atoms. The van der Waals surface area contributed by atoms with Gasteiger partial charge in [-0.05, 0) is 64.5 Å². The maximum absolute atomic E-state index is 6.08. The molecule has 0 spiro atoms. The molecule has 0 fully saturated rings. The molecule has 0 aliphatic carbocycles. The molecule has 0 saturated carbocycles. The van der Waals surface area contributed by atoms with Crippen LogP contribution in [-0.2, 0) is 0 Å². The van der Waals surface area contributed by atoms with Gasteiger partial charge in [0.2, 0.25) is 0 Å². The standard InChI is InChI=1S/C23H19ClOS/c1-15(16-7-11-18(24)12-8-16)22-20-5-3-4-6-21(20)26-23(22)17-9-13-19(25-2)14-10-17/h3-15H,1-2H3/t15-/m1/s1. The summed E-state index contributed by atoms with van der Waals surface area (Å²) in [5, 5.41) is 2.09. The van der Waals surface area contributed by atoms with Gasteiger partial charge in [-0.1, -0.05) is 48.9 Å². The largest absolute Gasteiger partial charge is 0.497 e. The predicted molar refractivity (Wildman–Crippen MR) is 113 cm³/mol. The Bertz CT molecular complexity index is 1030. The Kier molecular flexibility index (Phi) is 4.71. The van der Waals surface area contributed by atoms with Gasteiger partial charge in [-0.3, -0.25) is 0 Å². The lowest BCUT2D eigenvalue weighted by Gasteiger charge is -2.15. The van der Waals surface area contributed by atoms with Crippen molar-refractivity contribution in [3.05, 3.63) is 88.9 Å². The highest BCUT2D eigenvalue weighted by Crippen LogP contribution is 2.44. The summed E-state index contributed by atoms with van der Waals surface area (Å²) in [5.41, 5.74) is 3.87. The molecule has 0 N–H and O–H groups in total. The maximum Gasteiger partial charge on any atom is 0.118 e. The Morgan fingerprint density at radius 3 is 2.27 bits per heavy atom. The molecule has 0 amide bonds. The second-order valence-corrected chi connectivity index (χ2v) is 7.83. The van der Waals surface area contributed by atoms with E-state index in [-0.39, 0.29) is 5.92 Å². The molecule has 130 valence electrons. The summed E-state index contributed by atoms with van der Waals surface area (Å²) >= 11 is 7.93. The minimum atomic E-state index is 0.278. The summed E-state index contributed by atoms with van der Waals surface area (Å²) in [6.45, 7) is 2.27. The maximum atomic E-state index is 6.08. The normalized spacial score (nSPS) is 12.3.